The number of rotatable bonds is 7. The van der Waals surface area contributed by atoms with E-state index < -0.39 is 0 Å². The summed E-state index contributed by atoms with van der Waals surface area (Å²) in [6.07, 6.45) is 3.50. The van der Waals surface area contributed by atoms with Crippen LogP contribution in [0.1, 0.15) is 31.4 Å². The first-order chi connectivity index (χ1) is 13.9. The van der Waals surface area contributed by atoms with Crippen LogP contribution in [0.4, 0.5) is 11.4 Å². The summed E-state index contributed by atoms with van der Waals surface area (Å²) >= 11 is 5.20. The summed E-state index contributed by atoms with van der Waals surface area (Å²) in [4.78, 5) is 23.7. The monoisotopic (exact) mass is 411 g/mol. The molecule has 0 saturated carbocycles. The fraction of sp³-hybridized carbons (Fsp3) is 0.227. The molecule has 7 heteroatoms. The molecule has 0 aromatic heterocycles. The highest BCUT2D eigenvalue weighted by atomic mass is 32.1. The molecule has 0 bridgehead atoms. The fourth-order valence-electron chi connectivity index (χ4n) is 2.40. The SMILES string of the molecule is CCOc1ccc(/C=C/C(=O)NC(=S)Nc2ccc(C)c(NC(=O)CC)c2)cc1. The lowest BCUT2D eigenvalue weighted by molar-refractivity contribution is -0.116. The summed E-state index contributed by atoms with van der Waals surface area (Å²) in [7, 11) is 0. The predicted octanol–water partition coefficient (Wildman–Crippen LogP) is 4.27. The van der Waals surface area contributed by atoms with Gasteiger partial charge in [0.2, 0.25) is 11.8 Å². The molecule has 0 aliphatic carbocycles. The largest absolute Gasteiger partial charge is 0.494 e. The van der Waals surface area contributed by atoms with Crippen LogP contribution in [0.25, 0.3) is 6.08 Å². The molecule has 0 fully saturated rings. The molecule has 0 spiro atoms. The molecular weight excluding hydrogens is 386 g/mol. The maximum Gasteiger partial charge on any atom is 0.250 e. The maximum absolute atomic E-state index is 12.1. The van der Waals surface area contributed by atoms with E-state index in [9.17, 15) is 9.59 Å². The number of thiocarbonyl (C=S) groups is 1. The molecule has 2 aromatic carbocycles. The summed E-state index contributed by atoms with van der Waals surface area (Å²) < 4.78 is 5.39. The van der Waals surface area contributed by atoms with Crippen molar-refractivity contribution in [1.82, 2.24) is 5.32 Å². The zero-order valence-electron chi connectivity index (χ0n) is 16.7. The maximum atomic E-state index is 12.1. The minimum Gasteiger partial charge on any atom is -0.494 e. The number of carbonyl (C=O) groups excluding carboxylic acids is 2. The third-order valence-electron chi connectivity index (χ3n) is 3.95. The van der Waals surface area contributed by atoms with Gasteiger partial charge >= 0.3 is 0 Å². The first-order valence-corrected chi connectivity index (χ1v) is 9.75. The van der Waals surface area contributed by atoms with E-state index in [1.165, 1.54) is 6.08 Å². The topological polar surface area (TPSA) is 79.5 Å². The molecule has 0 atom stereocenters. The smallest absolute Gasteiger partial charge is 0.250 e. The quantitative estimate of drug-likeness (QED) is 0.468. The number of ether oxygens (including phenoxy) is 1. The normalized spacial score (nSPS) is 10.4. The van der Waals surface area contributed by atoms with Crippen LogP contribution in [-0.2, 0) is 9.59 Å². The van der Waals surface area contributed by atoms with Crippen molar-refractivity contribution in [2.75, 3.05) is 17.2 Å². The van der Waals surface area contributed by atoms with Crippen molar-refractivity contribution in [3.05, 3.63) is 59.7 Å². The second kappa shape index (κ2) is 11.0. The Balaban J connectivity index is 1.92. The van der Waals surface area contributed by atoms with Gasteiger partial charge in [0.05, 0.1) is 6.61 Å². The minimum absolute atomic E-state index is 0.0689. The Morgan fingerprint density at radius 3 is 2.45 bits per heavy atom. The Hall–Kier alpha value is -3.19. The summed E-state index contributed by atoms with van der Waals surface area (Å²) in [6, 6.07) is 12.9. The molecule has 29 heavy (non-hydrogen) atoms. The molecule has 0 saturated heterocycles. The number of carbonyl (C=O) groups is 2. The van der Waals surface area contributed by atoms with E-state index in [2.05, 4.69) is 16.0 Å². The molecule has 2 rings (SSSR count). The zero-order chi connectivity index (χ0) is 21.2. The average molecular weight is 412 g/mol. The van der Waals surface area contributed by atoms with Gasteiger partial charge < -0.3 is 15.4 Å². The first-order valence-electron chi connectivity index (χ1n) is 9.34. The highest BCUT2D eigenvalue weighted by Gasteiger charge is 2.06. The summed E-state index contributed by atoms with van der Waals surface area (Å²) in [6.45, 7) is 6.22. The lowest BCUT2D eigenvalue weighted by Crippen LogP contribution is -2.32. The Bertz CT molecular complexity index is 908. The average Bonchev–Trinajstić information content (AvgIpc) is 2.70. The van der Waals surface area contributed by atoms with E-state index in [0.717, 1.165) is 16.9 Å². The van der Waals surface area contributed by atoms with Crippen molar-refractivity contribution in [3.8, 4) is 5.75 Å². The predicted molar refractivity (Wildman–Crippen MR) is 121 cm³/mol. The third kappa shape index (κ3) is 7.38. The minimum atomic E-state index is -0.344. The first kappa shape index (κ1) is 22.1. The second-order valence-electron chi connectivity index (χ2n) is 6.21. The number of amides is 2. The van der Waals surface area contributed by atoms with Gasteiger partial charge in [-0.25, -0.2) is 0 Å². The highest BCUT2D eigenvalue weighted by molar-refractivity contribution is 7.80. The molecule has 3 N–H and O–H groups in total. The van der Waals surface area contributed by atoms with Crippen LogP contribution >= 0.6 is 12.2 Å². The molecule has 0 heterocycles. The van der Waals surface area contributed by atoms with Crippen LogP contribution in [-0.4, -0.2) is 23.5 Å². The number of hydrogen-bond acceptors (Lipinski definition) is 4. The molecule has 0 aliphatic rings. The lowest BCUT2D eigenvalue weighted by atomic mass is 10.1. The third-order valence-corrected chi connectivity index (χ3v) is 4.15. The number of hydrogen-bond donors (Lipinski definition) is 3. The van der Waals surface area contributed by atoms with Gasteiger partial charge in [-0.2, -0.15) is 0 Å². The molecule has 0 radical (unpaired) electrons. The van der Waals surface area contributed by atoms with Crippen LogP contribution in [0.15, 0.2) is 48.5 Å². The van der Waals surface area contributed by atoms with Gasteiger partial charge in [0.1, 0.15) is 5.75 Å². The number of benzene rings is 2. The van der Waals surface area contributed by atoms with Gasteiger partial charge in [0, 0.05) is 23.9 Å². The van der Waals surface area contributed by atoms with Crippen LogP contribution < -0.4 is 20.7 Å². The molecule has 6 nitrogen and oxygen atoms in total. The fourth-order valence-corrected chi connectivity index (χ4v) is 2.62. The van der Waals surface area contributed by atoms with Crippen LogP contribution in [0.3, 0.4) is 0 Å². The van der Waals surface area contributed by atoms with Crippen LogP contribution in [0.2, 0.25) is 0 Å². The second-order valence-corrected chi connectivity index (χ2v) is 6.62. The van der Waals surface area contributed by atoms with E-state index in [0.29, 0.717) is 24.4 Å². The van der Waals surface area contributed by atoms with Gasteiger partial charge in [-0.15, -0.1) is 0 Å². The van der Waals surface area contributed by atoms with Crippen LogP contribution in [0.5, 0.6) is 5.75 Å². The molecule has 2 aromatic rings. The zero-order valence-corrected chi connectivity index (χ0v) is 17.6. The lowest BCUT2D eigenvalue weighted by Gasteiger charge is -2.12. The van der Waals surface area contributed by atoms with Crippen molar-refractivity contribution in [2.45, 2.75) is 27.2 Å². The molecule has 0 unspecified atom stereocenters. The standard InChI is InChI=1S/C22H25N3O3S/c1-4-20(26)24-19-14-17(10-6-15(19)3)23-22(29)25-21(27)13-9-16-7-11-18(12-8-16)28-5-2/h6-14H,4-5H2,1-3H3,(H,24,26)(H2,23,25,27,29)/b13-9+. The summed E-state index contributed by atoms with van der Waals surface area (Å²) in [5.74, 6) is 0.371. The molecule has 152 valence electrons. The highest BCUT2D eigenvalue weighted by Crippen LogP contribution is 2.20. The Morgan fingerprint density at radius 2 is 1.79 bits per heavy atom. The molecule has 0 aliphatic heterocycles. The summed E-state index contributed by atoms with van der Waals surface area (Å²) in [5.41, 5.74) is 3.18. The Labute approximate surface area is 176 Å². The van der Waals surface area contributed by atoms with E-state index >= 15 is 0 Å². The Morgan fingerprint density at radius 1 is 1.07 bits per heavy atom. The molecule has 2 amide bonds. The number of anilines is 2. The summed E-state index contributed by atoms with van der Waals surface area (Å²) in [5, 5.41) is 8.55. The van der Waals surface area contributed by atoms with Gasteiger partial charge in [-0.3, -0.25) is 14.9 Å². The van der Waals surface area contributed by atoms with Crippen molar-refractivity contribution in [1.29, 1.82) is 0 Å². The molecular formula is C22H25N3O3S. The number of aryl methyl sites for hydroxylation is 1. The van der Waals surface area contributed by atoms with Crippen LogP contribution in [0, 0.1) is 6.92 Å². The van der Waals surface area contributed by atoms with Crippen molar-refractivity contribution in [3.63, 3.8) is 0 Å². The van der Waals surface area contributed by atoms with Crippen molar-refractivity contribution in [2.24, 2.45) is 0 Å². The van der Waals surface area contributed by atoms with E-state index in [4.69, 9.17) is 17.0 Å². The van der Waals surface area contributed by atoms with Crippen molar-refractivity contribution < 1.29 is 14.3 Å². The van der Waals surface area contributed by atoms with E-state index in [-0.39, 0.29) is 16.9 Å². The van der Waals surface area contributed by atoms with E-state index in [1.807, 2.05) is 50.2 Å². The van der Waals surface area contributed by atoms with Crippen molar-refractivity contribution >= 4 is 46.6 Å². The van der Waals surface area contributed by atoms with Gasteiger partial charge in [0.25, 0.3) is 0 Å². The Kier molecular flexibility index (Phi) is 8.36. The number of nitrogens with one attached hydrogen (secondary N) is 3. The van der Waals surface area contributed by atoms with Gasteiger partial charge in [0.15, 0.2) is 5.11 Å². The van der Waals surface area contributed by atoms with Gasteiger partial charge in [-0.05, 0) is 67.5 Å². The van der Waals surface area contributed by atoms with E-state index in [1.54, 1.807) is 19.1 Å². The van der Waals surface area contributed by atoms with Gasteiger partial charge in [-0.1, -0.05) is 25.1 Å².